The largest absolute Gasteiger partial charge is 0.482 e. The van der Waals surface area contributed by atoms with Gasteiger partial charge in [0.2, 0.25) is 6.10 Å². The van der Waals surface area contributed by atoms with Crippen molar-refractivity contribution in [1.29, 1.82) is 0 Å². The van der Waals surface area contributed by atoms with Crippen LogP contribution in [0.4, 0.5) is 5.82 Å². The van der Waals surface area contributed by atoms with Gasteiger partial charge in [0.1, 0.15) is 11.9 Å². The third-order valence-corrected chi connectivity index (χ3v) is 4.94. The molecule has 3 atom stereocenters. The van der Waals surface area contributed by atoms with Crippen LogP contribution in [0.1, 0.15) is 19.4 Å². The average molecular weight is 383 g/mol. The number of morpholine rings is 1. The molecular weight excluding hydrogens is 358 g/mol. The van der Waals surface area contributed by atoms with Crippen LogP contribution in [0.25, 0.3) is 0 Å². The first-order chi connectivity index (χ1) is 13.6. The number of aromatic nitrogens is 1. The van der Waals surface area contributed by atoms with Crippen LogP contribution in [0.5, 0.6) is 11.5 Å². The zero-order valence-electron chi connectivity index (χ0n) is 16.1. The lowest BCUT2D eigenvalue weighted by molar-refractivity contribution is -0.133. The lowest BCUT2D eigenvalue weighted by Crippen LogP contribution is -2.48. The van der Waals surface area contributed by atoms with E-state index in [4.69, 9.17) is 14.2 Å². The molecule has 2 aliphatic rings. The highest BCUT2D eigenvalue weighted by Gasteiger charge is 2.33. The average Bonchev–Trinajstić information content (AvgIpc) is 2.72. The van der Waals surface area contributed by atoms with Crippen molar-refractivity contribution in [3.63, 3.8) is 0 Å². The van der Waals surface area contributed by atoms with Crippen molar-refractivity contribution in [2.45, 2.75) is 38.7 Å². The molecule has 1 fully saturated rings. The maximum Gasteiger partial charge on any atom is 0.265 e. The van der Waals surface area contributed by atoms with Gasteiger partial charge in [-0.1, -0.05) is 18.2 Å². The third-order valence-electron chi connectivity index (χ3n) is 4.94. The molecule has 0 unspecified atom stereocenters. The highest BCUT2D eigenvalue weighted by Crippen LogP contribution is 2.33. The molecule has 0 radical (unpaired) electrons. The Morgan fingerprint density at radius 2 is 1.96 bits per heavy atom. The van der Waals surface area contributed by atoms with Gasteiger partial charge >= 0.3 is 0 Å². The van der Waals surface area contributed by atoms with E-state index >= 15 is 0 Å². The van der Waals surface area contributed by atoms with Gasteiger partial charge in [-0.15, -0.1) is 0 Å². The van der Waals surface area contributed by atoms with Gasteiger partial charge in [0.25, 0.3) is 5.91 Å². The summed E-state index contributed by atoms with van der Waals surface area (Å²) in [5, 5.41) is 2.92. The second-order valence-corrected chi connectivity index (χ2v) is 7.18. The van der Waals surface area contributed by atoms with Crippen LogP contribution in [0.3, 0.4) is 0 Å². The fourth-order valence-electron chi connectivity index (χ4n) is 3.43. The minimum absolute atomic E-state index is 0.201. The Morgan fingerprint density at radius 1 is 1.18 bits per heavy atom. The second kappa shape index (κ2) is 8.06. The first-order valence-electron chi connectivity index (χ1n) is 9.61. The summed E-state index contributed by atoms with van der Waals surface area (Å²) in [4.78, 5) is 19.3. The molecule has 0 spiro atoms. The maximum atomic E-state index is 12.6. The maximum absolute atomic E-state index is 12.6. The highest BCUT2D eigenvalue weighted by molar-refractivity contribution is 5.82. The first kappa shape index (κ1) is 18.6. The Bertz CT molecular complexity index is 827. The van der Waals surface area contributed by atoms with Crippen molar-refractivity contribution in [2.75, 3.05) is 24.6 Å². The van der Waals surface area contributed by atoms with Crippen LogP contribution in [0.2, 0.25) is 0 Å². The van der Waals surface area contributed by atoms with Crippen molar-refractivity contribution in [1.82, 2.24) is 10.3 Å². The molecule has 1 amide bonds. The van der Waals surface area contributed by atoms with E-state index in [0.29, 0.717) is 24.7 Å². The van der Waals surface area contributed by atoms with E-state index in [9.17, 15) is 4.79 Å². The number of ether oxygens (including phenoxy) is 3. The number of nitrogens with one attached hydrogen (secondary N) is 1. The zero-order chi connectivity index (χ0) is 19.5. The van der Waals surface area contributed by atoms with Crippen LogP contribution < -0.4 is 19.7 Å². The van der Waals surface area contributed by atoms with E-state index in [1.54, 1.807) is 12.3 Å². The number of amides is 1. The Hall–Kier alpha value is -2.80. The summed E-state index contributed by atoms with van der Waals surface area (Å²) in [5.41, 5.74) is 0.934. The molecule has 28 heavy (non-hydrogen) atoms. The summed E-state index contributed by atoms with van der Waals surface area (Å²) < 4.78 is 17.2. The smallest absolute Gasteiger partial charge is 0.265 e. The molecule has 7 heteroatoms. The Balaban J connectivity index is 1.33. The summed E-state index contributed by atoms with van der Waals surface area (Å²) in [6.07, 6.45) is 0.960. The van der Waals surface area contributed by atoms with E-state index in [1.807, 2.05) is 37.3 Å². The predicted octanol–water partition coefficient (Wildman–Crippen LogP) is 2.15. The van der Waals surface area contributed by atoms with Gasteiger partial charge < -0.3 is 24.4 Å². The Labute approximate surface area is 164 Å². The molecule has 148 valence electrons. The molecule has 1 N–H and O–H groups in total. The van der Waals surface area contributed by atoms with Gasteiger partial charge in [-0.05, 0) is 37.6 Å². The number of hydrogen-bond donors (Lipinski definition) is 1. The van der Waals surface area contributed by atoms with Gasteiger partial charge in [0, 0.05) is 25.8 Å². The van der Waals surface area contributed by atoms with E-state index in [0.717, 1.165) is 24.5 Å². The number of anilines is 1. The van der Waals surface area contributed by atoms with Crippen LogP contribution in [-0.2, 0) is 16.1 Å². The van der Waals surface area contributed by atoms with Gasteiger partial charge in [0.15, 0.2) is 11.5 Å². The normalized spacial score (nSPS) is 23.9. The number of nitrogens with zero attached hydrogens (tertiary/aromatic N) is 2. The first-order valence-corrected chi connectivity index (χ1v) is 9.61. The number of para-hydroxylation sites is 2. The lowest BCUT2D eigenvalue weighted by Gasteiger charge is -2.32. The number of rotatable bonds is 4. The monoisotopic (exact) mass is 383 g/mol. The standard InChI is InChI=1S/C21H25N3O4/c1-14-13-24(9-10-26-14)19-8-7-16(11-22-19)12-23-21(25)20-15(2)27-17-5-3-4-6-18(17)28-20/h3-8,11,14-15,20H,9-10,12-13H2,1-2H3,(H,23,25)/t14-,15-,20+/m1/s1. The third kappa shape index (κ3) is 4.04. The molecule has 1 saturated heterocycles. The molecule has 1 aromatic carbocycles. The van der Waals surface area contributed by atoms with E-state index in [1.165, 1.54) is 0 Å². The Kier molecular flexibility index (Phi) is 5.34. The molecule has 7 nitrogen and oxygen atoms in total. The minimum atomic E-state index is -0.683. The van der Waals surface area contributed by atoms with Gasteiger partial charge in [0.05, 0.1) is 12.7 Å². The number of benzene rings is 1. The summed E-state index contributed by atoms with van der Waals surface area (Å²) in [6, 6.07) is 11.3. The molecular formula is C21H25N3O4. The highest BCUT2D eigenvalue weighted by atomic mass is 16.6. The predicted molar refractivity (Wildman–Crippen MR) is 105 cm³/mol. The minimum Gasteiger partial charge on any atom is -0.482 e. The number of carbonyl (C=O) groups excluding carboxylic acids is 1. The van der Waals surface area contributed by atoms with E-state index in [-0.39, 0.29) is 18.1 Å². The summed E-state index contributed by atoms with van der Waals surface area (Å²) >= 11 is 0. The topological polar surface area (TPSA) is 72.9 Å². The van der Waals surface area contributed by atoms with Crippen molar-refractivity contribution in [3.8, 4) is 11.5 Å². The van der Waals surface area contributed by atoms with Gasteiger partial charge in [-0.3, -0.25) is 4.79 Å². The number of pyridine rings is 1. The SMILES string of the molecule is C[C@@H]1CN(c2ccc(CNC(=O)[C@H]3Oc4ccccc4O[C@@H]3C)cn2)CCO1. The second-order valence-electron chi connectivity index (χ2n) is 7.18. The van der Waals surface area contributed by atoms with Crippen molar-refractivity contribution >= 4 is 11.7 Å². The summed E-state index contributed by atoms with van der Waals surface area (Å²) in [5.74, 6) is 1.98. The molecule has 3 heterocycles. The number of hydrogen-bond acceptors (Lipinski definition) is 6. The fourth-order valence-corrected chi connectivity index (χ4v) is 3.43. The Morgan fingerprint density at radius 3 is 2.68 bits per heavy atom. The van der Waals surface area contributed by atoms with Crippen molar-refractivity contribution < 1.29 is 19.0 Å². The van der Waals surface area contributed by atoms with Gasteiger partial charge in [-0.2, -0.15) is 0 Å². The zero-order valence-corrected chi connectivity index (χ0v) is 16.1. The molecule has 1 aromatic heterocycles. The van der Waals surface area contributed by atoms with Crippen molar-refractivity contribution in [2.24, 2.45) is 0 Å². The quantitative estimate of drug-likeness (QED) is 0.872. The fraction of sp³-hybridized carbons (Fsp3) is 0.429. The number of carbonyl (C=O) groups is 1. The molecule has 2 aromatic rings. The molecule has 0 aliphatic carbocycles. The van der Waals surface area contributed by atoms with Crippen LogP contribution in [0, 0.1) is 0 Å². The van der Waals surface area contributed by atoms with Crippen molar-refractivity contribution in [3.05, 3.63) is 48.2 Å². The van der Waals surface area contributed by atoms with Crippen LogP contribution in [0.15, 0.2) is 42.6 Å². The molecule has 0 saturated carbocycles. The molecule has 0 bridgehead atoms. The lowest BCUT2D eigenvalue weighted by atomic mass is 10.1. The molecule has 2 aliphatic heterocycles. The molecule has 4 rings (SSSR count). The van der Waals surface area contributed by atoms with E-state index < -0.39 is 6.10 Å². The van der Waals surface area contributed by atoms with E-state index in [2.05, 4.69) is 22.1 Å². The number of fused-ring (bicyclic) bond motifs is 1. The summed E-state index contributed by atoms with van der Waals surface area (Å²) in [6.45, 7) is 6.67. The van der Waals surface area contributed by atoms with Crippen LogP contribution in [-0.4, -0.2) is 48.9 Å². The van der Waals surface area contributed by atoms with Crippen LogP contribution >= 0.6 is 0 Å². The summed E-state index contributed by atoms with van der Waals surface area (Å²) in [7, 11) is 0. The van der Waals surface area contributed by atoms with Gasteiger partial charge in [-0.25, -0.2) is 4.98 Å².